The summed E-state index contributed by atoms with van der Waals surface area (Å²) in [7, 11) is 0. The molecule has 1 aromatic heterocycles. The maximum atomic E-state index is 10.5. The molecule has 1 heterocycles. The number of hydrogen-bond donors (Lipinski definition) is 1. The van der Waals surface area contributed by atoms with Gasteiger partial charge in [0, 0.05) is 14.8 Å². The quantitative estimate of drug-likeness (QED) is 0.844. The second-order valence-electron chi connectivity index (χ2n) is 4.75. The molecule has 0 saturated heterocycles. The van der Waals surface area contributed by atoms with Crippen LogP contribution < -0.4 is 0 Å². The van der Waals surface area contributed by atoms with Gasteiger partial charge in [0.2, 0.25) is 0 Å². The molecule has 0 aliphatic heterocycles. The van der Waals surface area contributed by atoms with Crippen LogP contribution in [0.2, 0.25) is 5.02 Å². The Morgan fingerprint density at radius 3 is 2.22 bits per heavy atom. The first kappa shape index (κ1) is 13.6. The minimum atomic E-state index is -0.557. The molecule has 1 atom stereocenters. The van der Waals surface area contributed by atoms with E-state index in [9.17, 15) is 5.11 Å². The first-order valence-corrected chi connectivity index (χ1v) is 7.11. The van der Waals surface area contributed by atoms with E-state index in [0.29, 0.717) is 0 Å². The van der Waals surface area contributed by atoms with Gasteiger partial charge in [0.05, 0.1) is 0 Å². The van der Waals surface area contributed by atoms with Gasteiger partial charge in [-0.3, -0.25) is 0 Å². The highest BCUT2D eigenvalue weighted by molar-refractivity contribution is 7.12. The van der Waals surface area contributed by atoms with E-state index >= 15 is 0 Å². The lowest BCUT2D eigenvalue weighted by Gasteiger charge is -2.14. The number of aliphatic hydroxyl groups is 1. The number of thiophene rings is 1. The summed E-state index contributed by atoms with van der Waals surface area (Å²) in [4.78, 5) is 2.25. The van der Waals surface area contributed by atoms with E-state index in [2.05, 4.69) is 19.9 Å². The molecular weight excluding hydrogens is 264 g/mol. The number of rotatable bonds is 2. The molecule has 1 N–H and O–H groups in total. The van der Waals surface area contributed by atoms with Crippen LogP contribution in [0.25, 0.3) is 0 Å². The van der Waals surface area contributed by atoms with E-state index in [1.54, 1.807) is 11.3 Å². The SMILES string of the molecule is Cc1cc(C(O)c2cc(C)c(C)s2)c(C)cc1Cl. The summed E-state index contributed by atoms with van der Waals surface area (Å²) in [5.41, 5.74) is 4.21. The third kappa shape index (κ3) is 2.46. The van der Waals surface area contributed by atoms with E-state index in [4.69, 9.17) is 11.6 Å². The van der Waals surface area contributed by atoms with Gasteiger partial charge in [-0.1, -0.05) is 17.7 Å². The molecule has 0 radical (unpaired) electrons. The summed E-state index contributed by atoms with van der Waals surface area (Å²) in [5, 5.41) is 11.2. The number of aliphatic hydroxyl groups excluding tert-OH is 1. The van der Waals surface area contributed by atoms with Crippen molar-refractivity contribution in [3.63, 3.8) is 0 Å². The lowest BCUT2D eigenvalue weighted by molar-refractivity contribution is 0.223. The van der Waals surface area contributed by atoms with Gasteiger partial charge in [0.25, 0.3) is 0 Å². The molecule has 0 amide bonds. The van der Waals surface area contributed by atoms with E-state index in [1.807, 2.05) is 26.0 Å². The molecule has 1 unspecified atom stereocenters. The third-order valence-corrected chi connectivity index (χ3v) is 4.91. The van der Waals surface area contributed by atoms with Crippen LogP contribution in [-0.4, -0.2) is 5.11 Å². The molecule has 0 spiro atoms. The van der Waals surface area contributed by atoms with Gasteiger partial charge < -0.3 is 5.11 Å². The number of halogens is 1. The minimum absolute atomic E-state index is 0.557. The van der Waals surface area contributed by atoms with Gasteiger partial charge in [-0.2, -0.15) is 0 Å². The largest absolute Gasteiger partial charge is 0.383 e. The summed E-state index contributed by atoms with van der Waals surface area (Å²) in [6.45, 7) is 8.10. The molecule has 0 bridgehead atoms. The number of benzene rings is 1. The molecule has 1 nitrogen and oxygen atoms in total. The Kier molecular flexibility index (Phi) is 3.81. The van der Waals surface area contributed by atoms with E-state index in [0.717, 1.165) is 26.6 Å². The average molecular weight is 281 g/mol. The Morgan fingerprint density at radius 2 is 1.67 bits per heavy atom. The summed E-state index contributed by atoms with van der Waals surface area (Å²) in [5.74, 6) is 0. The average Bonchev–Trinajstić information content (AvgIpc) is 2.63. The Labute approximate surface area is 117 Å². The highest BCUT2D eigenvalue weighted by Crippen LogP contribution is 2.33. The summed E-state index contributed by atoms with van der Waals surface area (Å²) in [6.07, 6.45) is -0.557. The molecule has 0 aliphatic carbocycles. The summed E-state index contributed by atoms with van der Waals surface area (Å²) in [6, 6.07) is 5.96. The molecule has 2 aromatic rings. The lowest BCUT2D eigenvalue weighted by atomic mass is 9.99. The second kappa shape index (κ2) is 5.04. The highest BCUT2D eigenvalue weighted by Gasteiger charge is 2.17. The van der Waals surface area contributed by atoms with Crippen molar-refractivity contribution < 1.29 is 5.11 Å². The van der Waals surface area contributed by atoms with E-state index in [-0.39, 0.29) is 0 Å². The topological polar surface area (TPSA) is 20.2 Å². The van der Waals surface area contributed by atoms with Gasteiger partial charge in [-0.15, -0.1) is 11.3 Å². The van der Waals surface area contributed by atoms with Crippen LogP contribution in [0.15, 0.2) is 18.2 Å². The maximum Gasteiger partial charge on any atom is 0.113 e. The number of hydrogen-bond acceptors (Lipinski definition) is 2. The van der Waals surface area contributed by atoms with Crippen molar-refractivity contribution in [2.75, 3.05) is 0 Å². The Bertz CT molecular complexity index is 567. The van der Waals surface area contributed by atoms with Crippen LogP contribution in [0.3, 0.4) is 0 Å². The fraction of sp³-hybridized carbons (Fsp3) is 0.333. The first-order chi connectivity index (χ1) is 8.40. The highest BCUT2D eigenvalue weighted by atomic mass is 35.5. The lowest BCUT2D eigenvalue weighted by Crippen LogP contribution is -2.01. The Balaban J connectivity index is 2.45. The van der Waals surface area contributed by atoms with Crippen LogP contribution in [0, 0.1) is 27.7 Å². The van der Waals surface area contributed by atoms with Crippen molar-refractivity contribution >= 4 is 22.9 Å². The maximum absolute atomic E-state index is 10.5. The van der Waals surface area contributed by atoms with Crippen LogP contribution >= 0.6 is 22.9 Å². The smallest absolute Gasteiger partial charge is 0.113 e. The molecule has 1 aromatic carbocycles. The molecule has 0 fully saturated rings. The van der Waals surface area contributed by atoms with Crippen molar-refractivity contribution in [2.24, 2.45) is 0 Å². The predicted octanol–water partition coefficient (Wildman–Crippen LogP) is 4.72. The van der Waals surface area contributed by atoms with Crippen LogP contribution in [0.1, 0.15) is 38.1 Å². The molecule has 0 aliphatic rings. The molecular formula is C15H17ClOS. The molecule has 3 heteroatoms. The van der Waals surface area contributed by atoms with E-state index < -0.39 is 6.10 Å². The molecule has 0 saturated carbocycles. The summed E-state index contributed by atoms with van der Waals surface area (Å²) >= 11 is 7.74. The zero-order valence-corrected chi connectivity index (χ0v) is 12.6. The molecule has 96 valence electrons. The molecule has 2 rings (SSSR count). The second-order valence-corrected chi connectivity index (χ2v) is 6.44. The standard InChI is InChI=1S/C15H17ClOS/c1-8-7-14(18-11(8)4)15(17)12-5-10(3)13(16)6-9(12)2/h5-7,15,17H,1-4H3. The van der Waals surface area contributed by atoms with Gasteiger partial charge >= 0.3 is 0 Å². The Morgan fingerprint density at radius 1 is 1.00 bits per heavy atom. The van der Waals surface area contributed by atoms with E-state index in [1.165, 1.54) is 10.4 Å². The normalized spacial score (nSPS) is 12.8. The first-order valence-electron chi connectivity index (χ1n) is 5.91. The summed E-state index contributed by atoms with van der Waals surface area (Å²) < 4.78 is 0. The fourth-order valence-corrected chi connectivity index (χ4v) is 3.25. The van der Waals surface area contributed by atoms with Crippen molar-refractivity contribution in [2.45, 2.75) is 33.8 Å². The predicted molar refractivity (Wildman–Crippen MR) is 78.8 cm³/mol. The fourth-order valence-electron chi connectivity index (χ4n) is 1.99. The van der Waals surface area contributed by atoms with Crippen molar-refractivity contribution in [3.8, 4) is 0 Å². The van der Waals surface area contributed by atoms with Crippen molar-refractivity contribution in [1.29, 1.82) is 0 Å². The molecule has 18 heavy (non-hydrogen) atoms. The van der Waals surface area contributed by atoms with Crippen molar-refractivity contribution in [3.05, 3.63) is 55.2 Å². The van der Waals surface area contributed by atoms with Crippen molar-refractivity contribution in [1.82, 2.24) is 0 Å². The van der Waals surface area contributed by atoms with Gasteiger partial charge in [0.1, 0.15) is 6.10 Å². The monoisotopic (exact) mass is 280 g/mol. The Hall–Kier alpha value is -0.830. The number of aryl methyl sites for hydroxylation is 4. The van der Waals surface area contributed by atoms with Gasteiger partial charge in [-0.25, -0.2) is 0 Å². The van der Waals surface area contributed by atoms with Crippen LogP contribution in [-0.2, 0) is 0 Å². The van der Waals surface area contributed by atoms with Gasteiger partial charge in [-0.05, 0) is 62.1 Å². The zero-order chi connectivity index (χ0) is 13.4. The van der Waals surface area contributed by atoms with Crippen LogP contribution in [0.5, 0.6) is 0 Å². The minimum Gasteiger partial charge on any atom is -0.383 e. The van der Waals surface area contributed by atoms with Crippen LogP contribution in [0.4, 0.5) is 0 Å². The zero-order valence-electron chi connectivity index (χ0n) is 11.0. The van der Waals surface area contributed by atoms with Gasteiger partial charge in [0.15, 0.2) is 0 Å². The third-order valence-electron chi connectivity index (χ3n) is 3.30.